The van der Waals surface area contributed by atoms with Gasteiger partial charge in [-0.2, -0.15) is 0 Å². The van der Waals surface area contributed by atoms with Crippen LogP contribution in [-0.2, 0) is 5.41 Å². The Morgan fingerprint density at radius 1 is 1.53 bits per heavy atom. The highest BCUT2D eigenvalue weighted by Gasteiger charge is 2.55. The van der Waals surface area contributed by atoms with Gasteiger partial charge >= 0.3 is 0 Å². The lowest BCUT2D eigenvalue weighted by Gasteiger charge is -2.49. The smallest absolute Gasteiger partial charge is 0.129 e. The molecule has 4 heteroatoms. The summed E-state index contributed by atoms with van der Waals surface area (Å²) in [6, 6.07) is 1.97. The van der Waals surface area contributed by atoms with Crippen molar-refractivity contribution in [1.82, 2.24) is 4.98 Å². The third-order valence-electron chi connectivity index (χ3n) is 3.46. The number of pyridine rings is 1. The third kappa shape index (κ3) is 1.26. The maximum Gasteiger partial charge on any atom is 0.129 e. The van der Waals surface area contributed by atoms with Crippen LogP contribution in [0.4, 0.5) is 5.82 Å². The highest BCUT2D eigenvalue weighted by atomic mass is 35.5. The van der Waals surface area contributed by atoms with Crippen molar-refractivity contribution in [3.8, 4) is 0 Å². The van der Waals surface area contributed by atoms with E-state index < -0.39 is 5.60 Å². The lowest BCUT2D eigenvalue weighted by Crippen LogP contribution is -2.53. The summed E-state index contributed by atoms with van der Waals surface area (Å²) in [6.45, 7) is 2.75. The maximum atomic E-state index is 9.85. The average Bonchev–Trinajstić information content (AvgIpc) is 2.43. The minimum absolute atomic E-state index is 0.0662. The molecule has 0 bridgehead atoms. The van der Waals surface area contributed by atoms with Crippen molar-refractivity contribution < 1.29 is 5.11 Å². The molecule has 1 saturated carbocycles. The minimum atomic E-state index is -0.522. The quantitative estimate of drug-likeness (QED) is 0.708. The standard InChI is InChI=1S/C11H13ClN2O/c1-10(15)4-11(5-10)6-14-9-8(11)2-7(12)3-13-9/h2-3,15H,4-6H2,1H3,(H,13,14). The van der Waals surface area contributed by atoms with E-state index in [1.165, 1.54) is 5.56 Å². The number of hydrogen-bond acceptors (Lipinski definition) is 3. The maximum absolute atomic E-state index is 9.85. The summed E-state index contributed by atoms with van der Waals surface area (Å²) >= 11 is 5.95. The fourth-order valence-corrected chi connectivity index (χ4v) is 3.21. The van der Waals surface area contributed by atoms with Crippen molar-refractivity contribution in [2.24, 2.45) is 0 Å². The van der Waals surface area contributed by atoms with Gasteiger partial charge in [0, 0.05) is 23.7 Å². The first-order valence-corrected chi connectivity index (χ1v) is 5.51. The molecule has 2 heterocycles. The minimum Gasteiger partial charge on any atom is -0.390 e. The first-order valence-electron chi connectivity index (χ1n) is 5.13. The SMILES string of the molecule is CC1(O)CC2(CNc3ncc(Cl)cc32)C1. The Kier molecular flexibility index (Phi) is 1.67. The van der Waals surface area contributed by atoms with Gasteiger partial charge in [0.15, 0.2) is 0 Å². The molecular weight excluding hydrogens is 212 g/mol. The molecule has 1 fully saturated rings. The molecular formula is C11H13ClN2O. The van der Waals surface area contributed by atoms with Crippen LogP contribution in [0.15, 0.2) is 12.3 Å². The number of fused-ring (bicyclic) bond motifs is 2. The van der Waals surface area contributed by atoms with Gasteiger partial charge in [0.25, 0.3) is 0 Å². The van der Waals surface area contributed by atoms with Crippen LogP contribution in [0.1, 0.15) is 25.3 Å². The zero-order valence-electron chi connectivity index (χ0n) is 8.55. The molecule has 0 radical (unpaired) electrons. The van der Waals surface area contributed by atoms with E-state index in [2.05, 4.69) is 10.3 Å². The molecule has 0 saturated heterocycles. The first-order chi connectivity index (χ1) is 7.01. The molecule has 1 aromatic rings. The molecule has 3 rings (SSSR count). The number of aliphatic hydroxyl groups is 1. The van der Waals surface area contributed by atoms with E-state index >= 15 is 0 Å². The molecule has 0 amide bonds. The lowest BCUT2D eigenvalue weighted by molar-refractivity contribution is -0.0686. The van der Waals surface area contributed by atoms with Crippen LogP contribution < -0.4 is 5.32 Å². The Morgan fingerprint density at radius 3 is 2.93 bits per heavy atom. The van der Waals surface area contributed by atoms with Crippen LogP contribution in [0.5, 0.6) is 0 Å². The van der Waals surface area contributed by atoms with Crippen molar-refractivity contribution in [2.45, 2.75) is 30.8 Å². The highest BCUT2D eigenvalue weighted by Crippen LogP contribution is 2.54. The van der Waals surface area contributed by atoms with Crippen molar-refractivity contribution >= 4 is 17.4 Å². The Labute approximate surface area is 93.5 Å². The van der Waals surface area contributed by atoms with Crippen LogP contribution in [-0.4, -0.2) is 22.2 Å². The van der Waals surface area contributed by atoms with Gasteiger partial charge in [0.2, 0.25) is 0 Å². The van der Waals surface area contributed by atoms with E-state index in [1.54, 1.807) is 6.20 Å². The number of hydrogen-bond donors (Lipinski definition) is 2. The second kappa shape index (κ2) is 2.66. The number of nitrogens with zero attached hydrogens (tertiary/aromatic N) is 1. The summed E-state index contributed by atoms with van der Waals surface area (Å²) in [5.41, 5.74) is 0.712. The summed E-state index contributed by atoms with van der Waals surface area (Å²) in [5.74, 6) is 0.926. The average molecular weight is 225 g/mol. The second-order valence-corrected chi connectivity index (χ2v) is 5.47. The van der Waals surface area contributed by atoms with Crippen molar-refractivity contribution in [1.29, 1.82) is 0 Å². The van der Waals surface area contributed by atoms with Gasteiger partial charge in [0.1, 0.15) is 5.82 Å². The van der Waals surface area contributed by atoms with Crippen LogP contribution in [0, 0.1) is 0 Å². The molecule has 1 aliphatic heterocycles. The van der Waals surface area contributed by atoms with E-state index in [0.717, 1.165) is 25.2 Å². The Bertz CT molecular complexity index is 423. The summed E-state index contributed by atoms with van der Waals surface area (Å²) in [7, 11) is 0. The molecule has 0 atom stereocenters. The molecule has 0 aromatic carbocycles. The van der Waals surface area contributed by atoms with Crippen LogP contribution in [0.25, 0.3) is 0 Å². The summed E-state index contributed by atoms with van der Waals surface area (Å²) in [5, 5.41) is 13.8. The monoisotopic (exact) mass is 224 g/mol. The fourth-order valence-electron chi connectivity index (χ4n) is 3.05. The van der Waals surface area contributed by atoms with Crippen molar-refractivity contribution in [2.75, 3.05) is 11.9 Å². The van der Waals surface area contributed by atoms with Crippen molar-refractivity contribution in [3.63, 3.8) is 0 Å². The highest BCUT2D eigenvalue weighted by molar-refractivity contribution is 6.30. The van der Waals surface area contributed by atoms with E-state index in [9.17, 15) is 5.11 Å². The van der Waals surface area contributed by atoms with E-state index in [1.807, 2.05) is 13.0 Å². The normalized spacial score (nSPS) is 37.3. The third-order valence-corrected chi connectivity index (χ3v) is 3.67. The molecule has 80 valence electrons. The molecule has 3 nitrogen and oxygen atoms in total. The predicted molar refractivity (Wildman–Crippen MR) is 59.3 cm³/mol. The van der Waals surface area contributed by atoms with Gasteiger partial charge < -0.3 is 10.4 Å². The van der Waals surface area contributed by atoms with Gasteiger partial charge in [-0.25, -0.2) is 4.98 Å². The van der Waals surface area contributed by atoms with Crippen LogP contribution in [0.3, 0.4) is 0 Å². The van der Waals surface area contributed by atoms with E-state index in [4.69, 9.17) is 11.6 Å². The van der Waals surface area contributed by atoms with Crippen LogP contribution >= 0.6 is 11.6 Å². The molecule has 1 aromatic heterocycles. The predicted octanol–water partition coefficient (Wildman–Crippen LogP) is 1.94. The molecule has 0 unspecified atom stereocenters. The molecule has 1 aliphatic carbocycles. The first kappa shape index (κ1) is 9.43. The number of anilines is 1. The van der Waals surface area contributed by atoms with E-state index in [-0.39, 0.29) is 5.41 Å². The molecule has 1 spiro atoms. The van der Waals surface area contributed by atoms with Gasteiger partial charge in [-0.05, 0) is 25.8 Å². The van der Waals surface area contributed by atoms with Gasteiger partial charge in [-0.3, -0.25) is 0 Å². The number of aromatic nitrogens is 1. The Morgan fingerprint density at radius 2 is 2.27 bits per heavy atom. The Balaban J connectivity index is 2.02. The molecule has 15 heavy (non-hydrogen) atoms. The summed E-state index contributed by atoms with van der Waals surface area (Å²) in [4.78, 5) is 4.26. The van der Waals surface area contributed by atoms with Gasteiger partial charge in [0.05, 0.1) is 10.6 Å². The zero-order valence-corrected chi connectivity index (χ0v) is 9.30. The number of halogens is 1. The molecule has 2 aliphatic rings. The number of nitrogens with one attached hydrogen (secondary N) is 1. The Hall–Kier alpha value is -0.800. The fraction of sp³-hybridized carbons (Fsp3) is 0.545. The van der Waals surface area contributed by atoms with Gasteiger partial charge in [-0.1, -0.05) is 11.6 Å². The zero-order chi connectivity index (χ0) is 10.7. The summed E-state index contributed by atoms with van der Waals surface area (Å²) in [6.07, 6.45) is 3.24. The molecule has 2 N–H and O–H groups in total. The van der Waals surface area contributed by atoms with Crippen molar-refractivity contribution in [3.05, 3.63) is 22.8 Å². The summed E-state index contributed by atoms with van der Waals surface area (Å²) < 4.78 is 0. The lowest BCUT2D eigenvalue weighted by atomic mass is 9.58. The second-order valence-electron chi connectivity index (χ2n) is 5.03. The van der Waals surface area contributed by atoms with Crippen LogP contribution in [0.2, 0.25) is 5.02 Å². The largest absolute Gasteiger partial charge is 0.390 e. The van der Waals surface area contributed by atoms with E-state index in [0.29, 0.717) is 5.02 Å². The van der Waals surface area contributed by atoms with Gasteiger partial charge in [-0.15, -0.1) is 0 Å². The number of rotatable bonds is 0. The topological polar surface area (TPSA) is 45.1 Å².